The Hall–Kier alpha value is -1.11. The molecule has 0 aliphatic heterocycles. The summed E-state index contributed by atoms with van der Waals surface area (Å²) in [5, 5.41) is 3.35. The molecule has 0 saturated carbocycles. The van der Waals surface area contributed by atoms with Crippen molar-refractivity contribution in [2.75, 3.05) is 13.7 Å². The van der Waals surface area contributed by atoms with Crippen molar-refractivity contribution in [3.63, 3.8) is 0 Å². The van der Waals surface area contributed by atoms with Crippen LogP contribution in [-0.2, 0) is 4.74 Å². The van der Waals surface area contributed by atoms with Gasteiger partial charge in [0.05, 0.1) is 13.2 Å². The lowest BCUT2D eigenvalue weighted by atomic mass is 10.0. The molecule has 1 N–H and O–H groups in total. The first-order chi connectivity index (χ1) is 10.1. The lowest BCUT2D eigenvalue weighted by Crippen LogP contribution is -2.22. The Morgan fingerprint density at radius 1 is 1.33 bits per heavy atom. The number of nitrogens with one attached hydrogen (secondary N) is 1. The Morgan fingerprint density at radius 2 is 2.10 bits per heavy atom. The summed E-state index contributed by atoms with van der Waals surface area (Å²) in [5.41, 5.74) is 1.03. The molecule has 0 aliphatic carbocycles. The van der Waals surface area contributed by atoms with Crippen LogP contribution in [0.5, 0.6) is 0 Å². The molecule has 1 atom stereocenters. The molecule has 0 amide bonds. The molecule has 4 nitrogen and oxygen atoms in total. The van der Waals surface area contributed by atoms with Crippen molar-refractivity contribution in [3.8, 4) is 0 Å². The molecule has 0 fully saturated rings. The molecule has 0 bridgehead atoms. The molecular weight excluding hydrogens is 402 g/mol. The van der Waals surface area contributed by atoms with Gasteiger partial charge in [-0.2, -0.15) is 0 Å². The minimum atomic E-state index is -0.480. The number of benzene rings is 1. The van der Waals surface area contributed by atoms with Crippen LogP contribution in [-0.4, -0.2) is 19.6 Å². The van der Waals surface area contributed by atoms with Gasteiger partial charge in [-0.1, -0.05) is 44.8 Å². The number of hydrogen-bond donors (Lipinski definition) is 1. The van der Waals surface area contributed by atoms with E-state index in [-0.39, 0.29) is 11.8 Å². The van der Waals surface area contributed by atoms with Gasteiger partial charge in [-0.15, -0.1) is 0 Å². The van der Waals surface area contributed by atoms with Crippen molar-refractivity contribution in [2.24, 2.45) is 0 Å². The zero-order chi connectivity index (χ0) is 15.4. The Morgan fingerprint density at radius 3 is 2.71 bits per heavy atom. The van der Waals surface area contributed by atoms with Gasteiger partial charge in [0, 0.05) is 8.95 Å². The Labute approximate surface area is 140 Å². The van der Waals surface area contributed by atoms with Crippen molar-refractivity contribution in [1.29, 1.82) is 0 Å². The fourth-order valence-electron chi connectivity index (χ4n) is 2.02. The van der Waals surface area contributed by atoms with E-state index in [9.17, 15) is 4.79 Å². The number of methoxy groups -OCH3 is 1. The van der Waals surface area contributed by atoms with Crippen molar-refractivity contribution in [3.05, 3.63) is 56.4 Å². The van der Waals surface area contributed by atoms with Crippen LogP contribution in [0.3, 0.4) is 0 Å². The first-order valence-electron chi connectivity index (χ1n) is 6.43. The van der Waals surface area contributed by atoms with Crippen molar-refractivity contribution in [2.45, 2.75) is 13.0 Å². The van der Waals surface area contributed by atoms with Crippen LogP contribution in [0.15, 0.2) is 43.7 Å². The summed E-state index contributed by atoms with van der Waals surface area (Å²) < 4.78 is 12.2. The van der Waals surface area contributed by atoms with Gasteiger partial charge in [-0.25, -0.2) is 4.79 Å². The van der Waals surface area contributed by atoms with E-state index in [2.05, 4.69) is 41.9 Å². The summed E-state index contributed by atoms with van der Waals surface area (Å²) in [7, 11) is 1.33. The molecule has 0 radical (unpaired) electrons. The molecule has 2 aromatic rings. The average molecular weight is 417 g/mol. The number of carbonyl (C=O) groups is 1. The fourth-order valence-corrected chi connectivity index (χ4v) is 3.30. The number of halogens is 2. The van der Waals surface area contributed by atoms with Crippen LogP contribution >= 0.6 is 31.9 Å². The summed E-state index contributed by atoms with van der Waals surface area (Å²) in [6.45, 7) is 2.78. The number of rotatable bonds is 5. The monoisotopic (exact) mass is 415 g/mol. The van der Waals surface area contributed by atoms with Crippen LogP contribution in [0, 0.1) is 0 Å². The van der Waals surface area contributed by atoms with E-state index in [1.54, 1.807) is 12.1 Å². The van der Waals surface area contributed by atoms with Crippen molar-refractivity contribution < 1.29 is 13.9 Å². The average Bonchev–Trinajstić information content (AvgIpc) is 2.94. The van der Waals surface area contributed by atoms with Crippen molar-refractivity contribution >= 4 is 37.8 Å². The van der Waals surface area contributed by atoms with Gasteiger partial charge in [0.25, 0.3) is 0 Å². The Balaban J connectivity index is 2.38. The molecule has 0 spiro atoms. The minimum absolute atomic E-state index is 0.143. The molecule has 1 heterocycles. The summed E-state index contributed by atoms with van der Waals surface area (Å²) in [4.78, 5) is 11.5. The lowest BCUT2D eigenvalue weighted by molar-refractivity contribution is 0.0562. The maximum atomic E-state index is 11.5. The van der Waals surface area contributed by atoms with Crippen LogP contribution in [0.4, 0.5) is 0 Å². The number of hydrogen-bond acceptors (Lipinski definition) is 4. The fraction of sp³-hybridized carbons (Fsp3) is 0.267. The number of ether oxygens (including phenoxy) is 1. The molecule has 1 aromatic carbocycles. The second-order valence-corrected chi connectivity index (χ2v) is 6.12. The normalized spacial score (nSPS) is 12.2. The van der Waals surface area contributed by atoms with E-state index in [0.29, 0.717) is 5.76 Å². The zero-order valence-electron chi connectivity index (χ0n) is 11.7. The smallest absolute Gasteiger partial charge is 0.373 e. The Bertz CT molecular complexity index is 640. The molecule has 2 rings (SSSR count). The Kier molecular flexibility index (Phi) is 5.61. The first-order valence-corrected chi connectivity index (χ1v) is 8.01. The molecule has 1 aromatic heterocycles. The topological polar surface area (TPSA) is 51.5 Å². The second-order valence-electron chi connectivity index (χ2n) is 4.35. The van der Waals surface area contributed by atoms with Gasteiger partial charge in [0.15, 0.2) is 0 Å². The van der Waals surface area contributed by atoms with Gasteiger partial charge in [-0.3, -0.25) is 0 Å². The van der Waals surface area contributed by atoms with E-state index in [4.69, 9.17) is 4.42 Å². The molecule has 6 heteroatoms. The molecule has 0 aliphatic rings. The van der Waals surface area contributed by atoms with Crippen LogP contribution in [0.25, 0.3) is 0 Å². The second kappa shape index (κ2) is 7.24. The predicted molar refractivity (Wildman–Crippen MR) is 87.4 cm³/mol. The van der Waals surface area contributed by atoms with E-state index >= 15 is 0 Å². The summed E-state index contributed by atoms with van der Waals surface area (Å²) in [6.07, 6.45) is 0. The molecule has 112 valence electrons. The minimum Gasteiger partial charge on any atom is -0.463 e. The van der Waals surface area contributed by atoms with Gasteiger partial charge in [0.2, 0.25) is 5.76 Å². The third-order valence-corrected chi connectivity index (χ3v) is 4.16. The van der Waals surface area contributed by atoms with Crippen molar-refractivity contribution in [1.82, 2.24) is 5.32 Å². The highest BCUT2D eigenvalue weighted by atomic mass is 79.9. The summed E-state index contributed by atoms with van der Waals surface area (Å²) in [6, 6.07) is 9.21. The summed E-state index contributed by atoms with van der Waals surface area (Å²) >= 11 is 7.00. The first kappa shape index (κ1) is 16.3. The SMILES string of the molecule is CCNC(c1ccc(C(=O)OC)o1)c1ccc(Br)cc1Br. The van der Waals surface area contributed by atoms with E-state index in [1.165, 1.54) is 7.11 Å². The molecule has 1 unspecified atom stereocenters. The maximum absolute atomic E-state index is 11.5. The zero-order valence-corrected chi connectivity index (χ0v) is 14.8. The van der Waals surface area contributed by atoms with Gasteiger partial charge >= 0.3 is 5.97 Å². The van der Waals surface area contributed by atoms with Gasteiger partial charge in [-0.05, 0) is 36.4 Å². The quantitative estimate of drug-likeness (QED) is 0.738. The summed E-state index contributed by atoms with van der Waals surface area (Å²) in [5.74, 6) is 0.385. The van der Waals surface area contributed by atoms with Crippen LogP contribution in [0.1, 0.15) is 34.8 Å². The highest BCUT2D eigenvalue weighted by Crippen LogP contribution is 2.31. The van der Waals surface area contributed by atoms with Crippen LogP contribution in [0.2, 0.25) is 0 Å². The molecule has 21 heavy (non-hydrogen) atoms. The van der Waals surface area contributed by atoms with E-state index in [1.807, 2.05) is 25.1 Å². The lowest BCUT2D eigenvalue weighted by Gasteiger charge is -2.17. The van der Waals surface area contributed by atoms with Crippen LogP contribution < -0.4 is 5.32 Å². The molecular formula is C15H15Br2NO3. The number of furan rings is 1. The standard InChI is InChI=1S/C15H15Br2NO3/c1-3-18-14(10-5-4-9(16)8-11(10)17)12-6-7-13(21-12)15(19)20-2/h4-8,14,18H,3H2,1-2H3. The predicted octanol–water partition coefficient (Wildman–Crippen LogP) is 4.29. The largest absolute Gasteiger partial charge is 0.463 e. The number of esters is 1. The highest BCUT2D eigenvalue weighted by Gasteiger charge is 2.21. The maximum Gasteiger partial charge on any atom is 0.373 e. The van der Waals surface area contributed by atoms with E-state index in [0.717, 1.165) is 21.1 Å². The number of carbonyl (C=O) groups excluding carboxylic acids is 1. The van der Waals surface area contributed by atoms with E-state index < -0.39 is 5.97 Å². The highest BCUT2D eigenvalue weighted by molar-refractivity contribution is 9.11. The van der Waals surface area contributed by atoms with Gasteiger partial charge in [0.1, 0.15) is 5.76 Å². The third-order valence-electron chi connectivity index (χ3n) is 2.98. The third kappa shape index (κ3) is 3.75. The molecule has 0 saturated heterocycles. The van der Waals surface area contributed by atoms with Gasteiger partial charge < -0.3 is 14.5 Å².